The fraction of sp³-hybridized carbons (Fsp3) is 0.176. The van der Waals surface area contributed by atoms with Crippen molar-refractivity contribution in [3.05, 3.63) is 71.4 Å². The molecular formula is C17H14ClF3N4. The van der Waals surface area contributed by atoms with Crippen molar-refractivity contribution in [2.75, 3.05) is 5.32 Å². The maximum Gasteiger partial charge on any atom is 0.417 e. The second-order valence-electron chi connectivity index (χ2n) is 5.48. The first kappa shape index (κ1) is 17.3. The number of imidazole rings is 1. The minimum atomic E-state index is -4.47. The zero-order chi connectivity index (χ0) is 18.0. The molecule has 0 saturated carbocycles. The molecular weight excluding hydrogens is 353 g/mol. The molecule has 0 spiro atoms. The van der Waals surface area contributed by atoms with Crippen LogP contribution < -0.4 is 5.32 Å². The van der Waals surface area contributed by atoms with Crippen LogP contribution >= 0.6 is 11.6 Å². The van der Waals surface area contributed by atoms with E-state index in [-0.39, 0.29) is 16.9 Å². The van der Waals surface area contributed by atoms with Crippen LogP contribution in [0.15, 0.2) is 55.2 Å². The van der Waals surface area contributed by atoms with E-state index in [0.29, 0.717) is 0 Å². The van der Waals surface area contributed by atoms with Gasteiger partial charge in [-0.25, -0.2) is 9.97 Å². The molecule has 3 aromatic rings. The SMILES string of the molecule is CC(Nc1ncc(C(F)(F)F)cc1Cl)c1ccc(-n2ccnc2)cc1. The van der Waals surface area contributed by atoms with Gasteiger partial charge in [0.1, 0.15) is 5.82 Å². The molecule has 130 valence electrons. The van der Waals surface area contributed by atoms with Gasteiger partial charge in [0, 0.05) is 30.3 Å². The molecule has 2 aromatic heterocycles. The van der Waals surface area contributed by atoms with Crippen molar-refractivity contribution < 1.29 is 13.2 Å². The van der Waals surface area contributed by atoms with Gasteiger partial charge in [0.05, 0.1) is 16.9 Å². The van der Waals surface area contributed by atoms with Crippen LogP contribution in [0.2, 0.25) is 5.02 Å². The van der Waals surface area contributed by atoms with Gasteiger partial charge in [0.25, 0.3) is 0 Å². The highest BCUT2D eigenvalue weighted by atomic mass is 35.5. The lowest BCUT2D eigenvalue weighted by Crippen LogP contribution is -2.11. The minimum absolute atomic E-state index is 0.0725. The number of benzene rings is 1. The summed E-state index contributed by atoms with van der Waals surface area (Å²) in [5.74, 6) is 0.209. The van der Waals surface area contributed by atoms with Gasteiger partial charge in [-0.05, 0) is 30.7 Å². The van der Waals surface area contributed by atoms with Gasteiger partial charge in [0.15, 0.2) is 0 Å². The zero-order valence-electron chi connectivity index (χ0n) is 13.1. The van der Waals surface area contributed by atoms with E-state index < -0.39 is 11.7 Å². The molecule has 0 amide bonds. The molecule has 25 heavy (non-hydrogen) atoms. The van der Waals surface area contributed by atoms with Crippen molar-refractivity contribution in [3.8, 4) is 5.69 Å². The summed E-state index contributed by atoms with van der Waals surface area (Å²) in [5, 5.41) is 2.96. The van der Waals surface area contributed by atoms with Crippen LogP contribution in [0.5, 0.6) is 0 Å². The first-order valence-electron chi connectivity index (χ1n) is 7.42. The molecule has 0 fully saturated rings. The maximum absolute atomic E-state index is 12.7. The molecule has 0 aliphatic carbocycles. The van der Waals surface area contributed by atoms with Crippen LogP contribution in [0.1, 0.15) is 24.1 Å². The molecule has 0 bridgehead atoms. The smallest absolute Gasteiger partial charge is 0.362 e. The van der Waals surface area contributed by atoms with E-state index in [1.807, 2.05) is 42.0 Å². The summed E-state index contributed by atoms with van der Waals surface area (Å²) in [5.41, 5.74) is 1.03. The van der Waals surface area contributed by atoms with Gasteiger partial charge < -0.3 is 9.88 Å². The third-order valence-corrected chi connectivity index (χ3v) is 4.01. The number of hydrogen-bond acceptors (Lipinski definition) is 3. The number of halogens is 4. The second kappa shape index (κ2) is 6.76. The van der Waals surface area contributed by atoms with Crippen LogP contribution in [-0.2, 0) is 6.18 Å². The number of hydrogen-bond donors (Lipinski definition) is 1. The van der Waals surface area contributed by atoms with Crippen LogP contribution in [0.3, 0.4) is 0 Å². The number of aromatic nitrogens is 3. The second-order valence-corrected chi connectivity index (χ2v) is 5.89. The average Bonchev–Trinajstić information content (AvgIpc) is 3.10. The summed E-state index contributed by atoms with van der Waals surface area (Å²) in [4.78, 5) is 7.79. The van der Waals surface area contributed by atoms with E-state index in [9.17, 15) is 13.2 Å². The lowest BCUT2D eigenvalue weighted by Gasteiger charge is -2.17. The van der Waals surface area contributed by atoms with Crippen molar-refractivity contribution in [1.82, 2.24) is 14.5 Å². The lowest BCUT2D eigenvalue weighted by molar-refractivity contribution is -0.137. The van der Waals surface area contributed by atoms with Crippen LogP contribution in [0, 0.1) is 0 Å². The molecule has 1 atom stereocenters. The number of rotatable bonds is 4. The Hall–Kier alpha value is -2.54. The summed E-state index contributed by atoms with van der Waals surface area (Å²) in [7, 11) is 0. The fourth-order valence-corrected chi connectivity index (χ4v) is 2.56. The van der Waals surface area contributed by atoms with Gasteiger partial charge in [0.2, 0.25) is 0 Å². The van der Waals surface area contributed by atoms with Crippen LogP contribution in [0.25, 0.3) is 5.69 Å². The Morgan fingerprint density at radius 2 is 1.92 bits per heavy atom. The first-order chi connectivity index (χ1) is 11.8. The van der Waals surface area contributed by atoms with Gasteiger partial charge in [-0.2, -0.15) is 13.2 Å². The summed E-state index contributed by atoms with van der Waals surface area (Å²) < 4.78 is 39.8. The third-order valence-electron chi connectivity index (χ3n) is 3.72. The van der Waals surface area contributed by atoms with E-state index >= 15 is 0 Å². The number of nitrogens with zero attached hydrogens (tertiary/aromatic N) is 3. The molecule has 1 aromatic carbocycles. The molecule has 8 heteroatoms. The highest BCUT2D eigenvalue weighted by molar-refractivity contribution is 6.33. The van der Waals surface area contributed by atoms with E-state index in [1.54, 1.807) is 12.5 Å². The Morgan fingerprint density at radius 1 is 1.20 bits per heavy atom. The Balaban J connectivity index is 1.75. The topological polar surface area (TPSA) is 42.7 Å². The molecule has 2 heterocycles. The highest BCUT2D eigenvalue weighted by Crippen LogP contribution is 2.33. The summed E-state index contributed by atoms with van der Waals surface area (Å²) >= 11 is 5.92. The molecule has 0 aliphatic rings. The maximum atomic E-state index is 12.7. The van der Waals surface area contributed by atoms with E-state index in [0.717, 1.165) is 23.5 Å². The van der Waals surface area contributed by atoms with Gasteiger partial charge in [-0.15, -0.1) is 0 Å². The fourth-order valence-electron chi connectivity index (χ4n) is 2.33. The standard InChI is InChI=1S/C17H14ClF3N4/c1-11(12-2-4-14(5-3-12)25-7-6-22-10-25)24-16-15(18)8-13(9-23-16)17(19,20)21/h2-11H,1H3,(H,23,24). The van der Waals surface area contributed by atoms with Gasteiger partial charge in [-0.1, -0.05) is 23.7 Å². The minimum Gasteiger partial charge on any atom is -0.362 e. The van der Waals surface area contributed by atoms with Crippen molar-refractivity contribution in [3.63, 3.8) is 0 Å². The van der Waals surface area contributed by atoms with E-state index in [1.165, 1.54) is 0 Å². The Morgan fingerprint density at radius 3 is 2.48 bits per heavy atom. The lowest BCUT2D eigenvalue weighted by atomic mass is 10.1. The molecule has 0 saturated heterocycles. The molecule has 1 N–H and O–H groups in total. The van der Waals surface area contributed by atoms with Crippen LogP contribution in [-0.4, -0.2) is 14.5 Å². The monoisotopic (exact) mass is 366 g/mol. The van der Waals surface area contributed by atoms with E-state index in [4.69, 9.17) is 11.6 Å². The van der Waals surface area contributed by atoms with E-state index in [2.05, 4.69) is 15.3 Å². The number of pyridine rings is 1. The van der Waals surface area contributed by atoms with Crippen molar-refractivity contribution >= 4 is 17.4 Å². The summed E-state index contributed by atoms with van der Waals surface area (Å²) in [6, 6.07) is 8.38. The Kier molecular flexibility index (Phi) is 4.67. The zero-order valence-corrected chi connectivity index (χ0v) is 13.9. The Labute approximate surface area is 147 Å². The molecule has 4 nitrogen and oxygen atoms in total. The summed E-state index contributed by atoms with van der Waals surface area (Å²) in [6.45, 7) is 1.88. The van der Waals surface area contributed by atoms with Crippen LogP contribution in [0.4, 0.5) is 19.0 Å². The molecule has 1 unspecified atom stereocenters. The summed E-state index contributed by atoms with van der Waals surface area (Å²) in [6.07, 6.45) is 1.52. The van der Waals surface area contributed by atoms with Gasteiger partial charge in [-0.3, -0.25) is 0 Å². The first-order valence-corrected chi connectivity index (χ1v) is 7.80. The predicted molar refractivity (Wildman–Crippen MR) is 89.9 cm³/mol. The molecule has 0 aliphatic heterocycles. The normalized spacial score (nSPS) is 12.8. The van der Waals surface area contributed by atoms with Crippen molar-refractivity contribution in [2.45, 2.75) is 19.1 Å². The quantitative estimate of drug-likeness (QED) is 0.697. The number of nitrogens with one attached hydrogen (secondary N) is 1. The molecule has 0 radical (unpaired) electrons. The van der Waals surface area contributed by atoms with Crippen molar-refractivity contribution in [2.24, 2.45) is 0 Å². The molecule has 3 rings (SSSR count). The largest absolute Gasteiger partial charge is 0.417 e. The number of anilines is 1. The average molecular weight is 367 g/mol. The predicted octanol–water partition coefficient (Wildman–Crippen LogP) is 5.11. The van der Waals surface area contributed by atoms with Crippen molar-refractivity contribution in [1.29, 1.82) is 0 Å². The highest BCUT2D eigenvalue weighted by Gasteiger charge is 2.31. The third kappa shape index (κ3) is 3.93. The number of alkyl halides is 3. The van der Waals surface area contributed by atoms with Gasteiger partial charge >= 0.3 is 6.18 Å². The Bertz CT molecular complexity index is 845.